The summed E-state index contributed by atoms with van der Waals surface area (Å²) in [5, 5.41) is 14.6. The van der Waals surface area contributed by atoms with Crippen LogP contribution < -0.4 is 5.32 Å². The summed E-state index contributed by atoms with van der Waals surface area (Å²) < 4.78 is 0. The Morgan fingerprint density at radius 2 is 2.22 bits per heavy atom. The second kappa shape index (κ2) is 6.77. The fourth-order valence-corrected chi connectivity index (χ4v) is 4.47. The number of nitrogens with one attached hydrogen (secondary N) is 1. The molecule has 142 valence electrons. The summed E-state index contributed by atoms with van der Waals surface area (Å²) in [5.41, 5.74) is 1.07. The van der Waals surface area contributed by atoms with Crippen LogP contribution in [0.5, 0.6) is 0 Å². The number of fused-ring (bicyclic) bond motifs is 1. The smallest absolute Gasteiger partial charge is 0.254 e. The summed E-state index contributed by atoms with van der Waals surface area (Å²) in [6.07, 6.45) is 1.05. The van der Waals surface area contributed by atoms with Crippen LogP contribution in [0.15, 0.2) is 24.3 Å². The molecule has 2 atom stereocenters. The number of carbonyl (C=O) groups is 2. The molecule has 6 nitrogen and oxygen atoms in total. The van der Waals surface area contributed by atoms with E-state index in [9.17, 15) is 14.7 Å². The molecule has 2 saturated heterocycles. The van der Waals surface area contributed by atoms with Crippen LogP contribution in [0.25, 0.3) is 10.9 Å². The zero-order valence-electron chi connectivity index (χ0n) is 15.2. The lowest BCUT2D eigenvalue weighted by Gasteiger charge is -2.46. The van der Waals surface area contributed by atoms with Crippen LogP contribution in [0.2, 0.25) is 5.02 Å². The molecule has 2 N–H and O–H groups in total. The molecule has 4 rings (SSSR count). The Bertz CT molecular complexity index is 932. The maximum Gasteiger partial charge on any atom is 0.254 e. The number of amides is 2. The predicted molar refractivity (Wildman–Crippen MR) is 103 cm³/mol. The van der Waals surface area contributed by atoms with Crippen LogP contribution in [0.4, 0.5) is 0 Å². The third-order valence-corrected chi connectivity index (χ3v) is 5.97. The number of aryl methyl sites for hydroxylation is 1. The summed E-state index contributed by atoms with van der Waals surface area (Å²) in [4.78, 5) is 32.1. The number of hydrogen-bond donors (Lipinski definition) is 2. The van der Waals surface area contributed by atoms with Gasteiger partial charge >= 0.3 is 0 Å². The van der Waals surface area contributed by atoms with Gasteiger partial charge in [-0.05, 0) is 50.5 Å². The Hall–Kier alpha value is -2.18. The van der Waals surface area contributed by atoms with Crippen molar-refractivity contribution in [3.05, 3.63) is 40.5 Å². The molecular weight excluding hydrogens is 366 g/mol. The van der Waals surface area contributed by atoms with Crippen molar-refractivity contribution in [2.24, 2.45) is 5.41 Å². The predicted octanol–water partition coefficient (Wildman–Crippen LogP) is 2.30. The molecule has 0 radical (unpaired) electrons. The number of halogens is 1. The summed E-state index contributed by atoms with van der Waals surface area (Å²) >= 11 is 6.14. The highest BCUT2D eigenvalue weighted by atomic mass is 35.5. The first-order valence-electron chi connectivity index (χ1n) is 9.23. The fraction of sp³-hybridized carbons (Fsp3) is 0.450. The van der Waals surface area contributed by atoms with E-state index in [0.29, 0.717) is 47.4 Å². The monoisotopic (exact) mass is 387 g/mol. The van der Waals surface area contributed by atoms with Gasteiger partial charge in [-0.2, -0.15) is 0 Å². The number of likely N-dealkylation sites (tertiary alicyclic amines) is 1. The van der Waals surface area contributed by atoms with E-state index in [1.54, 1.807) is 29.2 Å². The zero-order valence-corrected chi connectivity index (χ0v) is 15.9. The Labute approximate surface area is 162 Å². The molecule has 0 aliphatic carbocycles. The van der Waals surface area contributed by atoms with Crippen LogP contribution in [-0.4, -0.2) is 52.5 Å². The molecule has 0 bridgehead atoms. The molecule has 2 aliphatic heterocycles. The standard InChI is InChI=1S/C20H22ClN3O3/c1-12-9-15(14-10-13(21)3-4-16(14)23-12)18(26)24-8-5-17(25)20(11-24)6-2-7-22-19(20)27/h3-4,9-10,17,25H,2,5-8,11H2,1H3,(H,22,27)/t17-,20+/m0/s1. The first kappa shape index (κ1) is 18.2. The number of rotatable bonds is 1. The Morgan fingerprint density at radius 3 is 3.00 bits per heavy atom. The van der Waals surface area contributed by atoms with Gasteiger partial charge in [0, 0.05) is 35.7 Å². The van der Waals surface area contributed by atoms with Crippen molar-refractivity contribution in [3.8, 4) is 0 Å². The third kappa shape index (κ3) is 3.07. The van der Waals surface area contributed by atoms with E-state index >= 15 is 0 Å². The van der Waals surface area contributed by atoms with Gasteiger partial charge in [0.2, 0.25) is 5.91 Å². The second-order valence-corrected chi connectivity index (χ2v) is 7.96. The summed E-state index contributed by atoms with van der Waals surface area (Å²) in [6.45, 7) is 3.11. The van der Waals surface area contributed by atoms with Gasteiger partial charge < -0.3 is 15.3 Å². The molecule has 2 amide bonds. The number of nitrogens with zero attached hydrogens (tertiary/aromatic N) is 2. The zero-order chi connectivity index (χ0) is 19.2. The Kier molecular flexibility index (Phi) is 4.56. The van der Waals surface area contributed by atoms with Crippen LogP contribution in [-0.2, 0) is 4.79 Å². The van der Waals surface area contributed by atoms with E-state index in [1.807, 2.05) is 6.92 Å². The second-order valence-electron chi connectivity index (χ2n) is 7.52. The van der Waals surface area contributed by atoms with Gasteiger partial charge in [0.05, 0.1) is 22.6 Å². The van der Waals surface area contributed by atoms with Crippen molar-refractivity contribution in [2.45, 2.75) is 32.3 Å². The minimum atomic E-state index is -0.915. The molecule has 1 aromatic carbocycles. The first-order chi connectivity index (χ1) is 12.9. The van der Waals surface area contributed by atoms with E-state index in [-0.39, 0.29) is 18.4 Å². The van der Waals surface area contributed by atoms with Gasteiger partial charge in [0.15, 0.2) is 0 Å². The van der Waals surface area contributed by atoms with Crippen molar-refractivity contribution in [1.29, 1.82) is 0 Å². The van der Waals surface area contributed by atoms with Gasteiger partial charge in [-0.25, -0.2) is 0 Å². The molecular formula is C20H22ClN3O3. The van der Waals surface area contributed by atoms with Crippen molar-refractivity contribution >= 4 is 34.3 Å². The quantitative estimate of drug-likeness (QED) is 0.786. The number of hydrogen-bond acceptors (Lipinski definition) is 4. The highest BCUT2D eigenvalue weighted by molar-refractivity contribution is 6.31. The number of aromatic nitrogens is 1. The maximum atomic E-state index is 13.4. The van der Waals surface area contributed by atoms with E-state index in [2.05, 4.69) is 10.3 Å². The SMILES string of the molecule is Cc1cc(C(=O)N2CC[C@H](O)[C@@]3(CCCNC3=O)C2)c2cc(Cl)ccc2n1. The molecule has 2 aromatic rings. The van der Waals surface area contributed by atoms with Crippen LogP contribution in [0.3, 0.4) is 0 Å². The van der Waals surface area contributed by atoms with Gasteiger partial charge in [-0.15, -0.1) is 0 Å². The van der Waals surface area contributed by atoms with E-state index < -0.39 is 11.5 Å². The summed E-state index contributed by atoms with van der Waals surface area (Å²) in [7, 11) is 0. The van der Waals surface area contributed by atoms with Crippen molar-refractivity contribution in [1.82, 2.24) is 15.2 Å². The number of carbonyl (C=O) groups excluding carboxylic acids is 2. The van der Waals surface area contributed by atoms with E-state index in [0.717, 1.165) is 12.1 Å². The number of pyridine rings is 1. The summed E-state index contributed by atoms with van der Waals surface area (Å²) in [5.74, 6) is -0.310. The molecule has 27 heavy (non-hydrogen) atoms. The fourth-order valence-electron chi connectivity index (χ4n) is 4.29. The Balaban J connectivity index is 1.72. The van der Waals surface area contributed by atoms with E-state index in [4.69, 9.17) is 11.6 Å². The molecule has 1 spiro atoms. The minimum absolute atomic E-state index is 0.155. The molecule has 2 aliphatic rings. The largest absolute Gasteiger partial charge is 0.392 e. The van der Waals surface area contributed by atoms with Gasteiger partial charge in [-0.1, -0.05) is 11.6 Å². The normalized spacial score (nSPS) is 25.7. The number of aliphatic hydroxyl groups excluding tert-OH is 1. The number of piperidine rings is 2. The number of aliphatic hydroxyl groups is 1. The van der Waals surface area contributed by atoms with Crippen molar-refractivity contribution < 1.29 is 14.7 Å². The van der Waals surface area contributed by atoms with E-state index in [1.165, 1.54) is 0 Å². The highest BCUT2D eigenvalue weighted by Crippen LogP contribution is 2.38. The van der Waals surface area contributed by atoms with Crippen LogP contribution in [0, 0.1) is 12.3 Å². The third-order valence-electron chi connectivity index (χ3n) is 5.74. The average Bonchev–Trinajstić information content (AvgIpc) is 2.65. The van der Waals surface area contributed by atoms with Crippen LogP contribution in [0.1, 0.15) is 35.3 Å². The van der Waals surface area contributed by atoms with Crippen LogP contribution >= 0.6 is 11.6 Å². The molecule has 7 heteroatoms. The lowest BCUT2D eigenvalue weighted by Crippen LogP contribution is -2.62. The highest BCUT2D eigenvalue weighted by Gasteiger charge is 2.50. The Morgan fingerprint density at radius 1 is 1.41 bits per heavy atom. The van der Waals surface area contributed by atoms with Gasteiger partial charge in [0.1, 0.15) is 0 Å². The lowest BCUT2D eigenvalue weighted by atomic mass is 9.71. The van der Waals surface area contributed by atoms with Crippen molar-refractivity contribution in [2.75, 3.05) is 19.6 Å². The number of benzene rings is 1. The molecule has 0 saturated carbocycles. The van der Waals surface area contributed by atoms with Gasteiger partial charge in [-0.3, -0.25) is 14.6 Å². The molecule has 3 heterocycles. The first-order valence-corrected chi connectivity index (χ1v) is 9.61. The summed E-state index contributed by atoms with van der Waals surface area (Å²) in [6, 6.07) is 7.07. The average molecular weight is 388 g/mol. The van der Waals surface area contributed by atoms with Gasteiger partial charge in [0.25, 0.3) is 5.91 Å². The lowest BCUT2D eigenvalue weighted by molar-refractivity contribution is -0.147. The molecule has 2 fully saturated rings. The molecule has 1 aromatic heterocycles. The topological polar surface area (TPSA) is 82.5 Å². The molecule has 0 unspecified atom stereocenters. The maximum absolute atomic E-state index is 13.4. The van der Waals surface area contributed by atoms with Crippen molar-refractivity contribution in [3.63, 3.8) is 0 Å². The minimum Gasteiger partial charge on any atom is -0.392 e.